The second-order valence-corrected chi connectivity index (χ2v) is 5.22. The van der Waals surface area contributed by atoms with Gasteiger partial charge in [0.2, 0.25) is 0 Å². The fourth-order valence-corrected chi connectivity index (χ4v) is 3.06. The standard InChI is InChI=1S/C15H23NO/c1-11-7-8-13(9-11)15(16-2)12-5-4-6-14(10-12)17-3/h4-6,10-11,13,15-16H,7-9H2,1-3H3. The number of ether oxygens (including phenoxy) is 1. The number of hydrogen-bond acceptors (Lipinski definition) is 2. The molecule has 0 spiro atoms. The third kappa shape index (κ3) is 2.81. The van der Waals surface area contributed by atoms with Crippen LogP contribution in [0.2, 0.25) is 0 Å². The second-order valence-electron chi connectivity index (χ2n) is 5.22. The molecule has 2 heteroatoms. The third-order valence-electron chi connectivity index (χ3n) is 3.97. The molecule has 0 saturated heterocycles. The molecule has 2 rings (SSSR count). The van der Waals surface area contributed by atoms with E-state index in [1.807, 2.05) is 6.07 Å². The van der Waals surface area contributed by atoms with Crippen LogP contribution in [0.1, 0.15) is 37.8 Å². The summed E-state index contributed by atoms with van der Waals surface area (Å²) in [7, 11) is 3.79. The van der Waals surface area contributed by atoms with E-state index in [1.165, 1.54) is 24.8 Å². The van der Waals surface area contributed by atoms with E-state index >= 15 is 0 Å². The molecule has 0 aliphatic heterocycles. The van der Waals surface area contributed by atoms with Crippen LogP contribution in [0.3, 0.4) is 0 Å². The molecule has 1 aliphatic carbocycles. The third-order valence-corrected chi connectivity index (χ3v) is 3.97. The number of benzene rings is 1. The van der Waals surface area contributed by atoms with Gasteiger partial charge in [-0.25, -0.2) is 0 Å². The van der Waals surface area contributed by atoms with Crippen LogP contribution < -0.4 is 10.1 Å². The Morgan fingerprint density at radius 2 is 2.18 bits per heavy atom. The van der Waals surface area contributed by atoms with Gasteiger partial charge in [0.25, 0.3) is 0 Å². The second kappa shape index (κ2) is 5.54. The SMILES string of the molecule is CNC(c1cccc(OC)c1)C1CCC(C)C1. The first-order chi connectivity index (χ1) is 8.24. The van der Waals surface area contributed by atoms with Gasteiger partial charge in [0.15, 0.2) is 0 Å². The summed E-state index contributed by atoms with van der Waals surface area (Å²) in [6.45, 7) is 2.36. The minimum atomic E-state index is 0.468. The predicted octanol–water partition coefficient (Wildman–Crippen LogP) is 3.39. The lowest BCUT2D eigenvalue weighted by Crippen LogP contribution is -2.23. The first-order valence-corrected chi connectivity index (χ1v) is 6.55. The van der Waals surface area contributed by atoms with Gasteiger partial charge in [-0.05, 0) is 49.4 Å². The van der Waals surface area contributed by atoms with Gasteiger partial charge in [-0.2, -0.15) is 0 Å². The van der Waals surface area contributed by atoms with E-state index < -0.39 is 0 Å². The summed E-state index contributed by atoms with van der Waals surface area (Å²) in [6.07, 6.45) is 4.04. The van der Waals surface area contributed by atoms with Gasteiger partial charge in [-0.15, -0.1) is 0 Å². The lowest BCUT2D eigenvalue weighted by molar-refractivity contribution is 0.375. The predicted molar refractivity (Wildman–Crippen MR) is 71.3 cm³/mol. The summed E-state index contributed by atoms with van der Waals surface area (Å²) in [5, 5.41) is 3.48. The molecule has 1 aliphatic rings. The lowest BCUT2D eigenvalue weighted by Gasteiger charge is -2.24. The zero-order valence-corrected chi connectivity index (χ0v) is 11.1. The fraction of sp³-hybridized carbons (Fsp3) is 0.600. The van der Waals surface area contributed by atoms with Crippen LogP contribution in [0.15, 0.2) is 24.3 Å². The molecule has 0 heterocycles. The average Bonchev–Trinajstić information content (AvgIpc) is 2.77. The van der Waals surface area contributed by atoms with E-state index in [2.05, 4.69) is 37.5 Å². The number of rotatable bonds is 4. The topological polar surface area (TPSA) is 21.3 Å². The van der Waals surface area contributed by atoms with Gasteiger partial charge in [-0.1, -0.05) is 25.5 Å². The maximum atomic E-state index is 5.31. The molecular formula is C15H23NO. The zero-order chi connectivity index (χ0) is 12.3. The van der Waals surface area contributed by atoms with Crippen molar-refractivity contribution < 1.29 is 4.74 Å². The van der Waals surface area contributed by atoms with Crippen molar-refractivity contribution in [3.63, 3.8) is 0 Å². The summed E-state index contributed by atoms with van der Waals surface area (Å²) in [5.74, 6) is 2.59. The Balaban J connectivity index is 2.16. The Labute approximate surface area is 104 Å². The molecule has 0 amide bonds. The van der Waals surface area contributed by atoms with Crippen molar-refractivity contribution in [1.82, 2.24) is 5.32 Å². The van der Waals surface area contributed by atoms with Crippen molar-refractivity contribution in [1.29, 1.82) is 0 Å². The maximum absolute atomic E-state index is 5.31. The van der Waals surface area contributed by atoms with Gasteiger partial charge < -0.3 is 10.1 Å². The van der Waals surface area contributed by atoms with Crippen LogP contribution in [0.5, 0.6) is 5.75 Å². The molecule has 1 aromatic carbocycles. The molecule has 3 unspecified atom stereocenters. The smallest absolute Gasteiger partial charge is 0.119 e. The van der Waals surface area contributed by atoms with Crippen molar-refractivity contribution in [2.75, 3.05) is 14.2 Å². The highest BCUT2D eigenvalue weighted by Gasteiger charge is 2.28. The zero-order valence-electron chi connectivity index (χ0n) is 11.1. The normalized spacial score (nSPS) is 25.8. The highest BCUT2D eigenvalue weighted by molar-refractivity contribution is 5.31. The molecule has 3 atom stereocenters. The Bertz CT molecular complexity index is 364. The Morgan fingerprint density at radius 3 is 2.76 bits per heavy atom. The molecule has 1 fully saturated rings. The van der Waals surface area contributed by atoms with Crippen molar-refractivity contribution in [2.45, 2.75) is 32.2 Å². The highest BCUT2D eigenvalue weighted by Crippen LogP contribution is 2.39. The summed E-state index contributed by atoms with van der Waals surface area (Å²) in [5.41, 5.74) is 1.35. The fourth-order valence-electron chi connectivity index (χ4n) is 3.06. The van der Waals surface area contributed by atoms with Gasteiger partial charge >= 0.3 is 0 Å². The summed E-state index contributed by atoms with van der Waals surface area (Å²) >= 11 is 0. The van der Waals surface area contributed by atoms with Crippen LogP contribution in [0, 0.1) is 11.8 Å². The molecule has 2 nitrogen and oxygen atoms in total. The Hall–Kier alpha value is -1.02. The number of nitrogens with one attached hydrogen (secondary N) is 1. The molecule has 0 bridgehead atoms. The van der Waals surface area contributed by atoms with Crippen LogP contribution >= 0.6 is 0 Å². The van der Waals surface area contributed by atoms with Crippen molar-refractivity contribution in [2.24, 2.45) is 11.8 Å². The van der Waals surface area contributed by atoms with E-state index in [9.17, 15) is 0 Å². The van der Waals surface area contributed by atoms with Crippen LogP contribution in [0.4, 0.5) is 0 Å². The minimum absolute atomic E-state index is 0.468. The lowest BCUT2D eigenvalue weighted by atomic mass is 9.91. The van der Waals surface area contributed by atoms with E-state index in [-0.39, 0.29) is 0 Å². The molecule has 94 valence electrons. The van der Waals surface area contributed by atoms with Crippen LogP contribution in [-0.2, 0) is 0 Å². The summed E-state index contributed by atoms with van der Waals surface area (Å²) in [4.78, 5) is 0. The van der Waals surface area contributed by atoms with Crippen molar-refractivity contribution in [3.05, 3.63) is 29.8 Å². The molecule has 0 aromatic heterocycles. The van der Waals surface area contributed by atoms with Gasteiger partial charge in [0, 0.05) is 6.04 Å². The minimum Gasteiger partial charge on any atom is -0.497 e. The molecular weight excluding hydrogens is 210 g/mol. The van der Waals surface area contributed by atoms with Crippen molar-refractivity contribution >= 4 is 0 Å². The van der Waals surface area contributed by atoms with E-state index in [0.29, 0.717) is 6.04 Å². The van der Waals surface area contributed by atoms with E-state index in [4.69, 9.17) is 4.74 Å². The van der Waals surface area contributed by atoms with E-state index in [0.717, 1.165) is 17.6 Å². The first-order valence-electron chi connectivity index (χ1n) is 6.55. The van der Waals surface area contributed by atoms with Gasteiger partial charge in [0.1, 0.15) is 5.75 Å². The maximum Gasteiger partial charge on any atom is 0.119 e. The van der Waals surface area contributed by atoms with E-state index in [1.54, 1.807) is 7.11 Å². The first kappa shape index (κ1) is 12.4. The highest BCUT2D eigenvalue weighted by atomic mass is 16.5. The van der Waals surface area contributed by atoms with Crippen LogP contribution in [0.25, 0.3) is 0 Å². The number of hydrogen-bond donors (Lipinski definition) is 1. The van der Waals surface area contributed by atoms with Crippen LogP contribution in [-0.4, -0.2) is 14.2 Å². The molecule has 17 heavy (non-hydrogen) atoms. The molecule has 1 N–H and O–H groups in total. The Morgan fingerprint density at radius 1 is 1.35 bits per heavy atom. The summed E-state index contributed by atoms with van der Waals surface area (Å²) in [6, 6.07) is 8.91. The van der Waals surface area contributed by atoms with Crippen molar-refractivity contribution in [3.8, 4) is 5.75 Å². The largest absolute Gasteiger partial charge is 0.497 e. The number of methoxy groups -OCH3 is 1. The monoisotopic (exact) mass is 233 g/mol. The van der Waals surface area contributed by atoms with Gasteiger partial charge in [-0.3, -0.25) is 0 Å². The Kier molecular flexibility index (Phi) is 4.06. The molecule has 1 saturated carbocycles. The molecule has 1 aromatic rings. The average molecular weight is 233 g/mol. The summed E-state index contributed by atoms with van der Waals surface area (Å²) < 4.78 is 5.31. The molecule has 0 radical (unpaired) electrons. The van der Waals surface area contributed by atoms with Gasteiger partial charge in [0.05, 0.1) is 7.11 Å². The quantitative estimate of drug-likeness (QED) is 0.860.